The molecule has 126 valence electrons. The maximum absolute atomic E-state index is 5.86. The second kappa shape index (κ2) is 9.42. The summed E-state index contributed by atoms with van der Waals surface area (Å²) in [6, 6.07) is 15.7. The third-order valence-electron chi connectivity index (χ3n) is 3.30. The second-order valence-electron chi connectivity index (χ2n) is 5.15. The first-order valence-electron chi connectivity index (χ1n) is 7.45. The Morgan fingerprint density at radius 3 is 2.33 bits per heavy atom. The molecule has 0 bridgehead atoms. The Hall–Kier alpha value is -1.89. The van der Waals surface area contributed by atoms with Gasteiger partial charge in [0.2, 0.25) is 0 Å². The van der Waals surface area contributed by atoms with Gasteiger partial charge >= 0.3 is 0 Å². The summed E-state index contributed by atoms with van der Waals surface area (Å²) in [6.07, 6.45) is 0.852. The van der Waals surface area contributed by atoms with E-state index in [-0.39, 0.29) is 0 Å². The van der Waals surface area contributed by atoms with Gasteiger partial charge in [-0.3, -0.25) is 10.9 Å². The van der Waals surface area contributed by atoms with Crippen LogP contribution >= 0.6 is 36.0 Å². The number of rotatable bonds is 4. The van der Waals surface area contributed by atoms with Gasteiger partial charge in [0.25, 0.3) is 0 Å². The molecule has 0 aliphatic rings. The zero-order chi connectivity index (χ0) is 17.4. The van der Waals surface area contributed by atoms with E-state index in [1.54, 1.807) is 0 Å². The smallest absolute Gasteiger partial charge is 0.189 e. The van der Waals surface area contributed by atoms with Gasteiger partial charge in [0.15, 0.2) is 10.2 Å². The molecule has 2 aromatic carbocycles. The normalized spacial score (nSPS) is 9.92. The lowest BCUT2D eigenvalue weighted by Crippen LogP contribution is -2.48. The van der Waals surface area contributed by atoms with Crippen LogP contribution in [0.3, 0.4) is 0 Å². The lowest BCUT2D eigenvalue weighted by molar-refractivity contribution is 0.796. The van der Waals surface area contributed by atoms with Crippen LogP contribution in [0.2, 0.25) is 5.02 Å². The Morgan fingerprint density at radius 1 is 0.958 bits per heavy atom. The van der Waals surface area contributed by atoms with Gasteiger partial charge in [-0.15, -0.1) is 0 Å². The van der Waals surface area contributed by atoms with Gasteiger partial charge in [-0.25, -0.2) is 0 Å². The number of para-hydroxylation sites is 1. The van der Waals surface area contributed by atoms with Crippen LogP contribution in [0, 0.1) is 6.92 Å². The van der Waals surface area contributed by atoms with E-state index >= 15 is 0 Å². The number of hydrogen-bond acceptors (Lipinski definition) is 2. The SMILES string of the molecule is Cc1ccccc1NC(=S)NNC(=S)NCCc1ccc(Cl)cc1. The molecule has 0 aromatic heterocycles. The molecule has 0 heterocycles. The number of anilines is 1. The molecular formula is C17H19ClN4S2. The van der Waals surface area contributed by atoms with Crippen LogP contribution < -0.4 is 21.5 Å². The summed E-state index contributed by atoms with van der Waals surface area (Å²) in [4.78, 5) is 0. The summed E-state index contributed by atoms with van der Waals surface area (Å²) in [5, 5.41) is 7.90. The highest BCUT2D eigenvalue weighted by Gasteiger charge is 2.01. The first kappa shape index (κ1) is 18.4. The van der Waals surface area contributed by atoms with Gasteiger partial charge in [0, 0.05) is 17.3 Å². The first-order chi connectivity index (χ1) is 11.5. The van der Waals surface area contributed by atoms with Gasteiger partial charge in [0.05, 0.1) is 0 Å². The molecule has 0 spiro atoms. The zero-order valence-corrected chi connectivity index (χ0v) is 15.6. The van der Waals surface area contributed by atoms with E-state index in [1.165, 1.54) is 5.56 Å². The molecular weight excluding hydrogens is 360 g/mol. The van der Waals surface area contributed by atoms with Gasteiger partial charge in [-0.05, 0) is 67.1 Å². The number of hydrazine groups is 1. The minimum atomic E-state index is 0.450. The first-order valence-corrected chi connectivity index (χ1v) is 8.65. The van der Waals surface area contributed by atoms with Gasteiger partial charge < -0.3 is 10.6 Å². The van der Waals surface area contributed by atoms with E-state index in [0.29, 0.717) is 16.8 Å². The van der Waals surface area contributed by atoms with Crippen molar-refractivity contribution in [3.8, 4) is 0 Å². The highest BCUT2D eigenvalue weighted by atomic mass is 35.5. The molecule has 0 saturated carbocycles. The Balaban J connectivity index is 1.66. The molecule has 4 nitrogen and oxygen atoms in total. The third kappa shape index (κ3) is 6.31. The van der Waals surface area contributed by atoms with Crippen molar-refractivity contribution in [1.29, 1.82) is 0 Å². The summed E-state index contributed by atoms with van der Waals surface area (Å²) in [5.74, 6) is 0. The van der Waals surface area contributed by atoms with E-state index in [9.17, 15) is 0 Å². The average Bonchev–Trinajstić information content (AvgIpc) is 2.57. The van der Waals surface area contributed by atoms with E-state index < -0.39 is 0 Å². The summed E-state index contributed by atoms with van der Waals surface area (Å²) in [5.41, 5.74) is 8.99. The Kier molecular flexibility index (Phi) is 7.24. The third-order valence-corrected chi connectivity index (χ3v) is 4.00. The van der Waals surface area contributed by atoms with E-state index in [0.717, 1.165) is 22.7 Å². The topological polar surface area (TPSA) is 48.1 Å². The van der Waals surface area contributed by atoms with Crippen molar-refractivity contribution in [2.24, 2.45) is 0 Å². The summed E-state index contributed by atoms with van der Waals surface area (Å²) < 4.78 is 0. The van der Waals surface area contributed by atoms with E-state index in [1.807, 2.05) is 55.5 Å². The van der Waals surface area contributed by atoms with Gasteiger partial charge in [-0.1, -0.05) is 41.9 Å². The van der Waals surface area contributed by atoms with Crippen LogP contribution in [-0.4, -0.2) is 16.8 Å². The molecule has 0 amide bonds. The molecule has 0 saturated heterocycles. The standard InChI is InChI=1S/C17H19ClN4S2/c1-12-4-2-3-5-15(12)20-17(24)22-21-16(23)19-11-10-13-6-8-14(18)9-7-13/h2-9H,10-11H2,1H3,(H2,19,21,23)(H2,20,22,24). The van der Waals surface area contributed by atoms with Crippen LogP contribution in [0.1, 0.15) is 11.1 Å². The summed E-state index contributed by atoms with van der Waals surface area (Å²) in [6.45, 7) is 2.73. The van der Waals surface area contributed by atoms with E-state index in [2.05, 4.69) is 21.5 Å². The van der Waals surface area contributed by atoms with Crippen molar-refractivity contribution in [2.75, 3.05) is 11.9 Å². The molecule has 4 N–H and O–H groups in total. The summed E-state index contributed by atoms with van der Waals surface area (Å²) in [7, 11) is 0. The molecule has 0 radical (unpaired) electrons. The highest BCUT2D eigenvalue weighted by molar-refractivity contribution is 7.80. The lowest BCUT2D eigenvalue weighted by Gasteiger charge is -2.15. The quantitative estimate of drug-likeness (QED) is 0.482. The summed E-state index contributed by atoms with van der Waals surface area (Å²) >= 11 is 16.3. The molecule has 0 aliphatic heterocycles. The molecule has 0 unspecified atom stereocenters. The maximum atomic E-state index is 5.86. The van der Waals surface area contributed by atoms with Crippen molar-refractivity contribution in [2.45, 2.75) is 13.3 Å². The average molecular weight is 379 g/mol. The predicted molar refractivity (Wildman–Crippen MR) is 109 cm³/mol. The fourth-order valence-corrected chi connectivity index (χ4v) is 2.44. The maximum Gasteiger partial charge on any atom is 0.189 e. The molecule has 2 aromatic rings. The molecule has 24 heavy (non-hydrogen) atoms. The van der Waals surface area contributed by atoms with Gasteiger partial charge in [-0.2, -0.15) is 0 Å². The van der Waals surface area contributed by atoms with Crippen molar-refractivity contribution in [1.82, 2.24) is 16.2 Å². The number of nitrogens with one attached hydrogen (secondary N) is 4. The number of halogens is 1. The van der Waals surface area contributed by atoms with Crippen molar-refractivity contribution in [3.63, 3.8) is 0 Å². The monoisotopic (exact) mass is 378 g/mol. The van der Waals surface area contributed by atoms with Crippen LogP contribution in [0.15, 0.2) is 48.5 Å². The number of aryl methyl sites for hydroxylation is 1. The van der Waals surface area contributed by atoms with Crippen LogP contribution in [-0.2, 0) is 6.42 Å². The van der Waals surface area contributed by atoms with E-state index in [4.69, 9.17) is 36.0 Å². The number of thiocarbonyl (C=S) groups is 2. The Labute approximate surface area is 158 Å². The van der Waals surface area contributed by atoms with Crippen molar-refractivity contribution >= 4 is 51.9 Å². The molecule has 0 aliphatic carbocycles. The lowest BCUT2D eigenvalue weighted by atomic mass is 10.1. The highest BCUT2D eigenvalue weighted by Crippen LogP contribution is 2.12. The minimum Gasteiger partial charge on any atom is -0.361 e. The predicted octanol–water partition coefficient (Wildman–Crippen LogP) is 3.56. The van der Waals surface area contributed by atoms with Gasteiger partial charge in [0.1, 0.15) is 0 Å². The largest absolute Gasteiger partial charge is 0.361 e. The number of benzene rings is 2. The van der Waals surface area contributed by atoms with Crippen molar-refractivity contribution < 1.29 is 0 Å². The minimum absolute atomic E-state index is 0.450. The molecule has 2 rings (SSSR count). The molecule has 0 fully saturated rings. The number of hydrogen-bond donors (Lipinski definition) is 4. The Bertz CT molecular complexity index is 704. The Morgan fingerprint density at radius 2 is 1.62 bits per heavy atom. The molecule has 0 atom stereocenters. The fraction of sp³-hybridized carbons (Fsp3) is 0.176. The van der Waals surface area contributed by atoms with Crippen molar-refractivity contribution in [3.05, 3.63) is 64.7 Å². The zero-order valence-electron chi connectivity index (χ0n) is 13.2. The second-order valence-corrected chi connectivity index (χ2v) is 6.40. The fourth-order valence-electron chi connectivity index (χ4n) is 2.00. The van der Waals surface area contributed by atoms with Crippen LogP contribution in [0.25, 0.3) is 0 Å². The van der Waals surface area contributed by atoms with Crippen LogP contribution in [0.4, 0.5) is 5.69 Å². The van der Waals surface area contributed by atoms with Crippen LogP contribution in [0.5, 0.6) is 0 Å². The molecule has 7 heteroatoms.